The number of unbranched alkanes of at least 4 members (excludes halogenated alkanes) is 12. The van der Waals surface area contributed by atoms with E-state index in [2.05, 4.69) is 13.8 Å². The van der Waals surface area contributed by atoms with Crippen LogP contribution in [-0.2, 0) is 0 Å². The Hall–Kier alpha value is -0.0800. The van der Waals surface area contributed by atoms with Crippen molar-refractivity contribution in [2.45, 2.75) is 129 Å². The van der Waals surface area contributed by atoms with Gasteiger partial charge >= 0.3 is 0 Å². The van der Waals surface area contributed by atoms with Gasteiger partial charge in [-0.05, 0) is 12.8 Å². The minimum Gasteiger partial charge on any atom is -0.390 e. The Morgan fingerprint density at radius 2 is 0.773 bits per heavy atom. The molecule has 0 radical (unpaired) electrons. The van der Waals surface area contributed by atoms with Crippen LogP contribution in [0.4, 0.5) is 0 Å². The highest BCUT2D eigenvalue weighted by atomic mass is 16.3. The molecule has 0 amide bonds. The number of rotatable bonds is 17. The van der Waals surface area contributed by atoms with Gasteiger partial charge in [0.25, 0.3) is 0 Å². The lowest BCUT2D eigenvalue weighted by atomic mass is 10.0. The quantitative estimate of drug-likeness (QED) is 0.324. The average Bonchev–Trinajstić information content (AvgIpc) is 2.53. The normalized spacial score (nSPS) is 14.2. The fourth-order valence-electron chi connectivity index (χ4n) is 2.99. The summed E-state index contributed by atoms with van der Waals surface area (Å²) in [5, 5.41) is 19.6. The molecule has 0 aromatic rings. The lowest BCUT2D eigenvalue weighted by Gasteiger charge is -2.17. The van der Waals surface area contributed by atoms with Crippen molar-refractivity contribution in [3.8, 4) is 0 Å². The van der Waals surface area contributed by atoms with Crippen LogP contribution < -0.4 is 0 Å². The smallest absolute Gasteiger partial charge is 0.0799 e. The van der Waals surface area contributed by atoms with Crippen LogP contribution in [-0.4, -0.2) is 22.4 Å². The van der Waals surface area contributed by atoms with E-state index in [-0.39, 0.29) is 0 Å². The second kappa shape index (κ2) is 17.3. The fourth-order valence-corrected chi connectivity index (χ4v) is 2.99. The zero-order valence-electron chi connectivity index (χ0n) is 15.4. The molecule has 2 atom stereocenters. The van der Waals surface area contributed by atoms with Crippen molar-refractivity contribution in [1.82, 2.24) is 0 Å². The van der Waals surface area contributed by atoms with Crippen LogP contribution in [0, 0.1) is 0 Å². The molecule has 0 rings (SSSR count). The van der Waals surface area contributed by atoms with Crippen LogP contribution in [0.25, 0.3) is 0 Å². The molecule has 2 unspecified atom stereocenters. The van der Waals surface area contributed by atoms with E-state index < -0.39 is 12.2 Å². The Kier molecular flexibility index (Phi) is 17.2. The molecule has 0 bridgehead atoms. The molecule has 0 saturated carbocycles. The predicted molar refractivity (Wildman–Crippen MR) is 97.2 cm³/mol. The molecule has 0 heterocycles. The van der Waals surface area contributed by atoms with E-state index in [1.54, 1.807) is 0 Å². The van der Waals surface area contributed by atoms with Crippen molar-refractivity contribution in [1.29, 1.82) is 0 Å². The number of hydrogen-bond donors (Lipinski definition) is 2. The summed E-state index contributed by atoms with van der Waals surface area (Å²) in [6, 6.07) is 0. The van der Waals surface area contributed by atoms with Gasteiger partial charge in [-0.2, -0.15) is 0 Å². The predicted octanol–water partition coefficient (Wildman–Crippen LogP) is 5.99. The van der Waals surface area contributed by atoms with E-state index in [0.29, 0.717) is 0 Å². The van der Waals surface area contributed by atoms with Gasteiger partial charge in [0.05, 0.1) is 12.2 Å². The van der Waals surface area contributed by atoms with Crippen molar-refractivity contribution in [3.63, 3.8) is 0 Å². The molecule has 0 spiro atoms. The molecule has 0 aliphatic carbocycles. The summed E-state index contributed by atoms with van der Waals surface area (Å²) in [5.74, 6) is 0. The largest absolute Gasteiger partial charge is 0.390 e. The SMILES string of the molecule is CCCCCCCCCCCCCCC(O)C(O)CCCC. The zero-order valence-corrected chi connectivity index (χ0v) is 15.4. The maximum Gasteiger partial charge on any atom is 0.0799 e. The van der Waals surface area contributed by atoms with Crippen molar-refractivity contribution in [3.05, 3.63) is 0 Å². The summed E-state index contributed by atoms with van der Waals surface area (Å²) in [5.41, 5.74) is 0. The third-order valence-electron chi connectivity index (χ3n) is 4.65. The van der Waals surface area contributed by atoms with Gasteiger partial charge in [0.2, 0.25) is 0 Å². The minimum absolute atomic E-state index is 0.505. The Morgan fingerprint density at radius 3 is 1.18 bits per heavy atom. The highest BCUT2D eigenvalue weighted by molar-refractivity contribution is 4.67. The van der Waals surface area contributed by atoms with Crippen molar-refractivity contribution in [2.24, 2.45) is 0 Å². The molecule has 0 aromatic heterocycles. The van der Waals surface area contributed by atoms with Crippen LogP contribution in [0.5, 0.6) is 0 Å². The first-order valence-electron chi connectivity index (χ1n) is 10.1. The number of aliphatic hydroxyl groups excluding tert-OH is 2. The fraction of sp³-hybridized carbons (Fsp3) is 1.00. The monoisotopic (exact) mass is 314 g/mol. The molecule has 2 nitrogen and oxygen atoms in total. The first-order chi connectivity index (χ1) is 10.7. The van der Waals surface area contributed by atoms with Gasteiger partial charge in [-0.1, -0.05) is 104 Å². The molecule has 0 fully saturated rings. The summed E-state index contributed by atoms with van der Waals surface area (Å²) in [7, 11) is 0. The van der Waals surface area contributed by atoms with Gasteiger partial charge in [-0.3, -0.25) is 0 Å². The summed E-state index contributed by atoms with van der Waals surface area (Å²) in [6.45, 7) is 4.38. The Balaban J connectivity index is 3.19. The van der Waals surface area contributed by atoms with Crippen LogP contribution in [0.15, 0.2) is 0 Å². The van der Waals surface area contributed by atoms with Gasteiger partial charge in [-0.15, -0.1) is 0 Å². The van der Waals surface area contributed by atoms with Gasteiger partial charge < -0.3 is 10.2 Å². The lowest BCUT2D eigenvalue weighted by Crippen LogP contribution is -2.25. The van der Waals surface area contributed by atoms with E-state index >= 15 is 0 Å². The topological polar surface area (TPSA) is 40.5 Å². The highest BCUT2D eigenvalue weighted by Crippen LogP contribution is 2.15. The van der Waals surface area contributed by atoms with E-state index in [0.717, 1.165) is 32.1 Å². The van der Waals surface area contributed by atoms with Crippen LogP contribution in [0.3, 0.4) is 0 Å². The molecule has 0 aliphatic rings. The Bertz CT molecular complexity index is 206. The summed E-state index contributed by atoms with van der Waals surface area (Å²) in [4.78, 5) is 0. The van der Waals surface area contributed by atoms with Gasteiger partial charge in [0.15, 0.2) is 0 Å². The molecular weight excluding hydrogens is 272 g/mol. The van der Waals surface area contributed by atoms with Crippen molar-refractivity contribution >= 4 is 0 Å². The highest BCUT2D eigenvalue weighted by Gasteiger charge is 2.14. The lowest BCUT2D eigenvalue weighted by molar-refractivity contribution is 0.00738. The van der Waals surface area contributed by atoms with Crippen molar-refractivity contribution in [2.75, 3.05) is 0 Å². The van der Waals surface area contributed by atoms with Gasteiger partial charge in [0, 0.05) is 0 Å². The van der Waals surface area contributed by atoms with Gasteiger partial charge in [-0.25, -0.2) is 0 Å². The first-order valence-corrected chi connectivity index (χ1v) is 10.1. The Morgan fingerprint density at radius 1 is 0.455 bits per heavy atom. The summed E-state index contributed by atoms with van der Waals surface area (Å²) >= 11 is 0. The van der Waals surface area contributed by atoms with E-state index in [4.69, 9.17) is 0 Å². The third kappa shape index (κ3) is 14.8. The maximum atomic E-state index is 9.86. The molecule has 0 saturated heterocycles. The molecule has 0 aliphatic heterocycles. The third-order valence-corrected chi connectivity index (χ3v) is 4.65. The van der Waals surface area contributed by atoms with Crippen LogP contribution in [0.1, 0.15) is 117 Å². The van der Waals surface area contributed by atoms with Crippen molar-refractivity contribution < 1.29 is 10.2 Å². The molecule has 134 valence electrons. The molecule has 2 N–H and O–H groups in total. The van der Waals surface area contributed by atoms with Crippen LogP contribution in [0.2, 0.25) is 0 Å². The molecule has 22 heavy (non-hydrogen) atoms. The standard InChI is InChI=1S/C20H42O2/c1-3-5-7-8-9-10-11-12-13-14-15-16-18-20(22)19(21)17-6-4-2/h19-22H,3-18H2,1-2H3. The number of aliphatic hydroxyl groups is 2. The second-order valence-corrected chi connectivity index (χ2v) is 6.95. The van der Waals surface area contributed by atoms with Gasteiger partial charge in [0.1, 0.15) is 0 Å². The van der Waals surface area contributed by atoms with E-state index in [1.165, 1.54) is 70.6 Å². The summed E-state index contributed by atoms with van der Waals surface area (Å²) < 4.78 is 0. The molecule has 2 heteroatoms. The Labute approximate surface area is 139 Å². The zero-order chi connectivity index (χ0) is 16.5. The van der Waals surface area contributed by atoms with E-state index in [9.17, 15) is 10.2 Å². The minimum atomic E-state index is -0.507. The second-order valence-electron chi connectivity index (χ2n) is 6.95. The maximum absolute atomic E-state index is 9.86. The first kappa shape index (κ1) is 21.9. The van der Waals surface area contributed by atoms with E-state index in [1.807, 2.05) is 0 Å². The number of hydrogen-bond acceptors (Lipinski definition) is 2. The molecular formula is C20H42O2. The average molecular weight is 315 g/mol. The molecule has 0 aromatic carbocycles. The van der Waals surface area contributed by atoms with Crippen LogP contribution >= 0.6 is 0 Å². The summed E-state index contributed by atoms with van der Waals surface area (Å²) in [6.07, 6.45) is 18.7.